The van der Waals surface area contributed by atoms with E-state index in [-0.39, 0.29) is 5.54 Å². The van der Waals surface area contributed by atoms with Crippen molar-refractivity contribution in [3.05, 3.63) is 18.0 Å². The van der Waals surface area contributed by atoms with Crippen LogP contribution in [0.1, 0.15) is 51.6 Å². The fourth-order valence-corrected chi connectivity index (χ4v) is 2.74. The fourth-order valence-electron chi connectivity index (χ4n) is 2.74. The molecule has 1 aromatic heterocycles. The van der Waals surface area contributed by atoms with E-state index in [9.17, 15) is 0 Å². The number of aryl methyl sites for hydroxylation is 1. The van der Waals surface area contributed by atoms with Crippen LogP contribution < -0.4 is 5.32 Å². The van der Waals surface area contributed by atoms with Crippen LogP contribution in [0, 0.1) is 5.92 Å². The maximum Gasteiger partial charge on any atom is 0.0658 e. The summed E-state index contributed by atoms with van der Waals surface area (Å²) in [6, 6.07) is 2.18. The zero-order valence-electron chi connectivity index (χ0n) is 11.5. The minimum Gasteiger partial charge on any atom is -0.312 e. The largest absolute Gasteiger partial charge is 0.312 e. The number of hydrogen-bond donors (Lipinski definition) is 1. The standard InChI is InChI=1S/C14H25N3/c1-14(2,3)15-10-11-6-5-7-12(11)13-8-9-17(4)16-13/h8-9,11-12,15H,5-7,10H2,1-4H3. The molecule has 3 heteroatoms. The number of aromatic nitrogens is 2. The molecule has 1 saturated carbocycles. The van der Waals surface area contributed by atoms with Gasteiger partial charge in [0.25, 0.3) is 0 Å². The molecule has 1 heterocycles. The van der Waals surface area contributed by atoms with Gasteiger partial charge in [0, 0.05) is 24.7 Å². The highest BCUT2D eigenvalue weighted by atomic mass is 15.2. The number of hydrogen-bond acceptors (Lipinski definition) is 2. The Hall–Kier alpha value is -0.830. The minimum absolute atomic E-state index is 0.220. The lowest BCUT2D eigenvalue weighted by atomic mass is 9.92. The van der Waals surface area contributed by atoms with Gasteiger partial charge in [-0.3, -0.25) is 4.68 Å². The van der Waals surface area contributed by atoms with E-state index in [0.29, 0.717) is 5.92 Å². The average Bonchev–Trinajstić information content (AvgIpc) is 2.81. The highest BCUT2D eigenvalue weighted by Crippen LogP contribution is 2.38. The molecule has 2 unspecified atom stereocenters. The highest BCUT2D eigenvalue weighted by Gasteiger charge is 2.30. The quantitative estimate of drug-likeness (QED) is 0.873. The summed E-state index contributed by atoms with van der Waals surface area (Å²) in [5, 5.41) is 8.21. The van der Waals surface area contributed by atoms with Crippen LogP contribution in [0.2, 0.25) is 0 Å². The number of nitrogens with one attached hydrogen (secondary N) is 1. The van der Waals surface area contributed by atoms with Crippen molar-refractivity contribution in [3.8, 4) is 0 Å². The lowest BCUT2D eigenvalue weighted by Gasteiger charge is -2.25. The molecule has 17 heavy (non-hydrogen) atoms. The van der Waals surface area contributed by atoms with Gasteiger partial charge in [0.05, 0.1) is 5.69 Å². The molecule has 0 aliphatic heterocycles. The van der Waals surface area contributed by atoms with Gasteiger partial charge in [-0.1, -0.05) is 6.42 Å². The molecule has 1 aromatic rings. The van der Waals surface area contributed by atoms with Crippen LogP contribution in [0.15, 0.2) is 12.3 Å². The topological polar surface area (TPSA) is 29.9 Å². The molecule has 0 radical (unpaired) electrons. The van der Waals surface area contributed by atoms with Gasteiger partial charge in [0.1, 0.15) is 0 Å². The molecule has 96 valence electrons. The summed E-state index contributed by atoms with van der Waals surface area (Å²) in [5.74, 6) is 1.41. The Labute approximate surface area is 105 Å². The summed E-state index contributed by atoms with van der Waals surface area (Å²) in [6.07, 6.45) is 6.04. The van der Waals surface area contributed by atoms with E-state index in [0.717, 1.165) is 12.5 Å². The molecule has 1 N–H and O–H groups in total. The Morgan fingerprint density at radius 3 is 2.76 bits per heavy atom. The van der Waals surface area contributed by atoms with Gasteiger partial charge >= 0.3 is 0 Å². The van der Waals surface area contributed by atoms with Crippen LogP contribution in [-0.4, -0.2) is 21.9 Å². The summed E-state index contributed by atoms with van der Waals surface area (Å²) in [4.78, 5) is 0. The zero-order chi connectivity index (χ0) is 12.5. The van der Waals surface area contributed by atoms with Crippen molar-refractivity contribution in [2.45, 2.75) is 51.5 Å². The third-order valence-electron chi connectivity index (χ3n) is 3.67. The van der Waals surface area contributed by atoms with Crippen molar-refractivity contribution >= 4 is 0 Å². The molecule has 0 saturated heterocycles. The third-order valence-corrected chi connectivity index (χ3v) is 3.67. The van der Waals surface area contributed by atoms with Crippen LogP contribution in [0.3, 0.4) is 0 Å². The average molecular weight is 235 g/mol. The number of nitrogens with zero attached hydrogens (tertiary/aromatic N) is 2. The maximum absolute atomic E-state index is 4.58. The van der Waals surface area contributed by atoms with Crippen molar-refractivity contribution in [1.29, 1.82) is 0 Å². The first-order valence-corrected chi connectivity index (χ1v) is 6.70. The first-order chi connectivity index (χ1) is 7.96. The second-order valence-electron chi connectivity index (χ2n) is 6.34. The van der Waals surface area contributed by atoms with Crippen molar-refractivity contribution in [1.82, 2.24) is 15.1 Å². The molecule has 0 bridgehead atoms. The van der Waals surface area contributed by atoms with Crippen molar-refractivity contribution in [2.75, 3.05) is 6.54 Å². The minimum atomic E-state index is 0.220. The molecular formula is C14H25N3. The van der Waals surface area contributed by atoms with Crippen molar-refractivity contribution in [2.24, 2.45) is 13.0 Å². The van der Waals surface area contributed by atoms with Crippen LogP contribution >= 0.6 is 0 Å². The van der Waals surface area contributed by atoms with Crippen LogP contribution in [-0.2, 0) is 7.05 Å². The van der Waals surface area contributed by atoms with Crippen molar-refractivity contribution in [3.63, 3.8) is 0 Å². The Morgan fingerprint density at radius 2 is 2.18 bits per heavy atom. The molecule has 1 aliphatic rings. The molecule has 0 aromatic carbocycles. The van der Waals surface area contributed by atoms with Crippen LogP contribution in [0.5, 0.6) is 0 Å². The Balaban J connectivity index is 1.98. The van der Waals surface area contributed by atoms with Crippen molar-refractivity contribution < 1.29 is 0 Å². The van der Waals surface area contributed by atoms with Gasteiger partial charge < -0.3 is 5.32 Å². The Kier molecular flexibility index (Phi) is 3.57. The van der Waals surface area contributed by atoms with E-state index in [1.165, 1.54) is 25.0 Å². The van der Waals surface area contributed by atoms with Gasteiger partial charge in [0.15, 0.2) is 0 Å². The first-order valence-electron chi connectivity index (χ1n) is 6.70. The lowest BCUT2D eigenvalue weighted by molar-refractivity contribution is 0.354. The predicted molar refractivity (Wildman–Crippen MR) is 71.0 cm³/mol. The molecule has 3 nitrogen and oxygen atoms in total. The smallest absolute Gasteiger partial charge is 0.0658 e. The molecular weight excluding hydrogens is 210 g/mol. The highest BCUT2D eigenvalue weighted by molar-refractivity contribution is 5.10. The summed E-state index contributed by atoms with van der Waals surface area (Å²) in [6.45, 7) is 7.82. The predicted octanol–water partition coefficient (Wildman–Crippen LogP) is 2.69. The SMILES string of the molecule is Cn1ccc(C2CCCC2CNC(C)(C)C)n1. The van der Waals surface area contributed by atoms with Crippen LogP contribution in [0.25, 0.3) is 0 Å². The van der Waals surface area contributed by atoms with E-state index in [1.807, 2.05) is 11.7 Å². The van der Waals surface area contributed by atoms with E-state index in [4.69, 9.17) is 0 Å². The number of rotatable bonds is 3. The molecule has 2 rings (SSSR count). The summed E-state index contributed by atoms with van der Waals surface area (Å²) in [5.41, 5.74) is 1.50. The van der Waals surface area contributed by atoms with E-state index in [1.54, 1.807) is 0 Å². The summed E-state index contributed by atoms with van der Waals surface area (Å²) in [7, 11) is 2.00. The van der Waals surface area contributed by atoms with E-state index < -0.39 is 0 Å². The monoisotopic (exact) mass is 235 g/mol. The Morgan fingerprint density at radius 1 is 1.41 bits per heavy atom. The van der Waals surface area contributed by atoms with Gasteiger partial charge in [0.2, 0.25) is 0 Å². The van der Waals surface area contributed by atoms with Gasteiger partial charge in [-0.25, -0.2) is 0 Å². The fraction of sp³-hybridized carbons (Fsp3) is 0.786. The molecule has 1 aliphatic carbocycles. The second-order valence-corrected chi connectivity index (χ2v) is 6.34. The second kappa shape index (κ2) is 4.81. The van der Waals surface area contributed by atoms with E-state index >= 15 is 0 Å². The molecule has 2 atom stereocenters. The van der Waals surface area contributed by atoms with Gasteiger partial charge in [-0.15, -0.1) is 0 Å². The molecule has 0 spiro atoms. The lowest BCUT2D eigenvalue weighted by Crippen LogP contribution is -2.39. The maximum atomic E-state index is 4.58. The molecule has 0 amide bonds. The molecule has 1 fully saturated rings. The summed E-state index contributed by atoms with van der Waals surface area (Å²) >= 11 is 0. The van der Waals surface area contributed by atoms with E-state index in [2.05, 4.69) is 43.4 Å². The van der Waals surface area contributed by atoms with Crippen LogP contribution in [0.4, 0.5) is 0 Å². The normalized spacial score (nSPS) is 25.4. The third kappa shape index (κ3) is 3.32. The van der Waals surface area contributed by atoms with Gasteiger partial charge in [-0.2, -0.15) is 5.10 Å². The summed E-state index contributed by atoms with van der Waals surface area (Å²) < 4.78 is 1.92. The first kappa shape index (κ1) is 12.6. The zero-order valence-corrected chi connectivity index (χ0v) is 11.5. The van der Waals surface area contributed by atoms with Gasteiger partial charge in [-0.05, 0) is 52.1 Å². The Bertz CT molecular complexity index is 362.